The number of rotatable bonds is 5. The topological polar surface area (TPSA) is 85.7 Å². The Morgan fingerprint density at radius 3 is 2.50 bits per heavy atom. The predicted octanol–water partition coefficient (Wildman–Crippen LogP) is 2.13. The number of carbonyl (C=O) groups excluding carboxylic acids is 2. The fourth-order valence-corrected chi connectivity index (χ4v) is 4.80. The van der Waals surface area contributed by atoms with Gasteiger partial charge in [0.25, 0.3) is 15.9 Å². The maximum absolute atomic E-state index is 12.4. The Labute approximate surface area is 152 Å². The van der Waals surface area contributed by atoms with Gasteiger partial charge in [0, 0.05) is 17.9 Å². The van der Waals surface area contributed by atoms with E-state index in [2.05, 4.69) is 0 Å². The Hall–Kier alpha value is -2.61. The Morgan fingerprint density at radius 1 is 1.19 bits per heavy atom. The molecule has 0 atom stereocenters. The molecule has 8 heteroatoms. The summed E-state index contributed by atoms with van der Waals surface area (Å²) in [4.78, 5) is 24.6. The van der Waals surface area contributed by atoms with Gasteiger partial charge >= 0.3 is 5.97 Å². The molecule has 1 aromatic heterocycles. The lowest BCUT2D eigenvalue weighted by atomic mass is 10.2. The molecule has 0 unspecified atom stereocenters. The first kappa shape index (κ1) is 18.2. The number of esters is 1. The van der Waals surface area contributed by atoms with Crippen LogP contribution in [0.3, 0.4) is 0 Å². The van der Waals surface area contributed by atoms with Crippen molar-refractivity contribution >= 4 is 21.9 Å². The van der Waals surface area contributed by atoms with Crippen LogP contribution in [0.4, 0.5) is 0 Å². The molecule has 0 saturated carbocycles. The number of hydrogen-bond donors (Lipinski definition) is 0. The van der Waals surface area contributed by atoms with E-state index in [-0.39, 0.29) is 23.6 Å². The summed E-state index contributed by atoms with van der Waals surface area (Å²) in [7, 11) is -3.88. The number of nitrogens with zero attached hydrogens (tertiary/aromatic N) is 2. The number of carbonyl (C=O) groups is 2. The van der Waals surface area contributed by atoms with Crippen LogP contribution >= 0.6 is 0 Å². The third kappa shape index (κ3) is 2.80. The molecule has 3 rings (SSSR count). The summed E-state index contributed by atoms with van der Waals surface area (Å²) in [5.41, 5.74) is 2.34. The van der Waals surface area contributed by atoms with Crippen molar-refractivity contribution < 1.29 is 22.7 Å². The van der Waals surface area contributed by atoms with Crippen LogP contribution < -0.4 is 0 Å². The van der Waals surface area contributed by atoms with E-state index in [4.69, 9.17) is 4.74 Å². The first-order chi connectivity index (χ1) is 12.3. The number of aryl methyl sites for hydroxylation is 1. The predicted molar refractivity (Wildman–Crippen MR) is 94.5 cm³/mol. The van der Waals surface area contributed by atoms with Crippen LogP contribution in [0.25, 0.3) is 0 Å². The van der Waals surface area contributed by atoms with Crippen molar-refractivity contribution in [1.29, 1.82) is 0 Å². The normalized spacial score (nSPS) is 15.2. The SMILES string of the molecule is CCn1c(C)cc(C(=O)OCCN2C(=O)c3ccccc3S2(=O)=O)c1C. The number of hydrogen-bond acceptors (Lipinski definition) is 5. The summed E-state index contributed by atoms with van der Waals surface area (Å²) >= 11 is 0. The van der Waals surface area contributed by atoms with E-state index in [9.17, 15) is 18.0 Å². The van der Waals surface area contributed by atoms with E-state index in [1.807, 2.05) is 25.3 Å². The lowest BCUT2D eigenvalue weighted by Gasteiger charge is -2.15. The third-order valence-corrected chi connectivity index (χ3v) is 6.39. The Morgan fingerprint density at radius 2 is 1.88 bits per heavy atom. The van der Waals surface area contributed by atoms with Gasteiger partial charge in [0.05, 0.1) is 17.7 Å². The fraction of sp³-hybridized carbons (Fsp3) is 0.333. The first-order valence-electron chi connectivity index (χ1n) is 8.29. The minimum atomic E-state index is -3.88. The van der Waals surface area contributed by atoms with Crippen molar-refractivity contribution in [3.63, 3.8) is 0 Å². The molecule has 1 amide bonds. The number of benzene rings is 1. The molecular formula is C18H20N2O5S. The molecule has 1 aromatic carbocycles. The van der Waals surface area contributed by atoms with E-state index in [0.29, 0.717) is 5.56 Å². The number of amides is 1. The molecule has 7 nitrogen and oxygen atoms in total. The Balaban J connectivity index is 1.69. The Kier molecular flexibility index (Phi) is 4.62. The van der Waals surface area contributed by atoms with Gasteiger partial charge in [0.2, 0.25) is 0 Å². The van der Waals surface area contributed by atoms with E-state index >= 15 is 0 Å². The molecule has 0 N–H and O–H groups in total. The second kappa shape index (κ2) is 6.60. The van der Waals surface area contributed by atoms with Gasteiger partial charge in [-0.05, 0) is 39.0 Å². The zero-order valence-corrected chi connectivity index (χ0v) is 15.7. The zero-order chi connectivity index (χ0) is 19.1. The standard InChI is InChI=1S/C18H20N2O5S/c1-4-19-12(2)11-15(13(19)3)18(22)25-10-9-20-17(21)14-7-5-6-8-16(14)26(20,23)24/h5-8,11H,4,9-10H2,1-3H3. The molecule has 1 aliphatic rings. The molecule has 1 aliphatic heterocycles. The molecule has 2 aromatic rings. The summed E-state index contributed by atoms with van der Waals surface area (Å²) in [6.07, 6.45) is 0. The summed E-state index contributed by atoms with van der Waals surface area (Å²) in [5.74, 6) is -1.12. The summed E-state index contributed by atoms with van der Waals surface area (Å²) < 4.78 is 32.8. The van der Waals surface area contributed by atoms with Crippen molar-refractivity contribution in [1.82, 2.24) is 8.87 Å². The second-order valence-electron chi connectivity index (χ2n) is 6.04. The van der Waals surface area contributed by atoms with Crippen LogP contribution in [0.2, 0.25) is 0 Å². The minimum absolute atomic E-state index is 0.0113. The third-order valence-electron chi connectivity index (χ3n) is 4.55. The maximum atomic E-state index is 12.4. The van der Waals surface area contributed by atoms with Crippen molar-refractivity contribution in [2.24, 2.45) is 0 Å². The highest BCUT2D eigenvalue weighted by Crippen LogP contribution is 2.29. The molecule has 0 bridgehead atoms. The van der Waals surface area contributed by atoms with Gasteiger partial charge in [-0.25, -0.2) is 17.5 Å². The van der Waals surface area contributed by atoms with Crippen molar-refractivity contribution in [3.8, 4) is 0 Å². The number of aromatic nitrogens is 1. The zero-order valence-electron chi connectivity index (χ0n) is 14.9. The average molecular weight is 376 g/mol. The molecule has 2 heterocycles. The van der Waals surface area contributed by atoms with Gasteiger partial charge in [0.1, 0.15) is 11.5 Å². The van der Waals surface area contributed by atoms with E-state index in [1.54, 1.807) is 18.2 Å². The van der Waals surface area contributed by atoms with Crippen LogP contribution in [0.15, 0.2) is 35.2 Å². The molecule has 0 radical (unpaired) electrons. The van der Waals surface area contributed by atoms with Crippen LogP contribution in [-0.2, 0) is 21.3 Å². The molecule has 0 spiro atoms. The molecule has 0 fully saturated rings. The monoisotopic (exact) mass is 376 g/mol. The van der Waals surface area contributed by atoms with E-state index < -0.39 is 21.9 Å². The second-order valence-corrected chi connectivity index (χ2v) is 7.87. The van der Waals surface area contributed by atoms with Crippen molar-refractivity contribution in [2.75, 3.05) is 13.2 Å². The van der Waals surface area contributed by atoms with Gasteiger partial charge in [-0.2, -0.15) is 0 Å². The lowest BCUT2D eigenvalue weighted by Crippen LogP contribution is -2.33. The van der Waals surface area contributed by atoms with Crippen molar-refractivity contribution in [2.45, 2.75) is 32.2 Å². The highest BCUT2D eigenvalue weighted by Gasteiger charge is 2.40. The van der Waals surface area contributed by atoms with Crippen LogP contribution in [0.1, 0.15) is 39.0 Å². The van der Waals surface area contributed by atoms with E-state index in [0.717, 1.165) is 22.2 Å². The number of ether oxygens (including phenoxy) is 1. The molecule has 0 saturated heterocycles. The summed E-state index contributed by atoms with van der Waals surface area (Å²) in [6.45, 7) is 6.04. The molecular weight excluding hydrogens is 356 g/mol. The first-order valence-corrected chi connectivity index (χ1v) is 9.73. The Bertz CT molecular complexity index is 991. The van der Waals surface area contributed by atoms with Crippen LogP contribution in [0.5, 0.6) is 0 Å². The quantitative estimate of drug-likeness (QED) is 0.746. The smallest absolute Gasteiger partial charge is 0.340 e. The molecule has 0 aliphatic carbocycles. The summed E-state index contributed by atoms with van der Waals surface area (Å²) in [5, 5.41) is 0. The van der Waals surface area contributed by atoms with Gasteiger partial charge < -0.3 is 9.30 Å². The van der Waals surface area contributed by atoms with Crippen LogP contribution in [-0.4, -0.2) is 42.3 Å². The molecule has 138 valence electrons. The number of fused-ring (bicyclic) bond motifs is 1. The van der Waals surface area contributed by atoms with Gasteiger partial charge in [-0.1, -0.05) is 12.1 Å². The summed E-state index contributed by atoms with van der Waals surface area (Å²) in [6, 6.07) is 7.79. The highest BCUT2D eigenvalue weighted by atomic mass is 32.2. The van der Waals surface area contributed by atoms with Crippen molar-refractivity contribution in [3.05, 3.63) is 52.8 Å². The van der Waals surface area contributed by atoms with Gasteiger partial charge in [0.15, 0.2) is 0 Å². The number of sulfonamides is 1. The maximum Gasteiger partial charge on any atom is 0.340 e. The van der Waals surface area contributed by atoms with E-state index in [1.165, 1.54) is 12.1 Å². The average Bonchev–Trinajstić information content (AvgIpc) is 3.00. The van der Waals surface area contributed by atoms with Crippen LogP contribution in [0, 0.1) is 13.8 Å². The largest absolute Gasteiger partial charge is 0.460 e. The fourth-order valence-electron chi connectivity index (χ4n) is 3.25. The van der Waals surface area contributed by atoms with Gasteiger partial charge in [-0.15, -0.1) is 0 Å². The molecule has 26 heavy (non-hydrogen) atoms. The lowest BCUT2D eigenvalue weighted by molar-refractivity contribution is 0.0477. The van der Waals surface area contributed by atoms with Gasteiger partial charge in [-0.3, -0.25) is 4.79 Å². The highest BCUT2D eigenvalue weighted by molar-refractivity contribution is 7.90. The minimum Gasteiger partial charge on any atom is -0.460 e.